The van der Waals surface area contributed by atoms with Crippen LogP contribution in [0.2, 0.25) is 0 Å². The van der Waals surface area contributed by atoms with Gasteiger partial charge in [0, 0.05) is 12.4 Å². The van der Waals surface area contributed by atoms with Crippen LogP contribution >= 0.6 is 0 Å². The highest BCUT2D eigenvalue weighted by Gasteiger charge is 2.13. The van der Waals surface area contributed by atoms with E-state index in [2.05, 4.69) is 44.6 Å². The molecule has 78 valence electrons. The standard InChI is InChI=1S/C12H20N2/c1-9(2)11-8-13-7-10(14-11)6-12(3,4)5/h7-9H,6H2,1-5H3. The molecule has 0 bridgehead atoms. The molecule has 0 aliphatic rings. The van der Waals surface area contributed by atoms with Crippen LogP contribution in [0.1, 0.15) is 51.9 Å². The van der Waals surface area contributed by atoms with Crippen molar-refractivity contribution in [1.82, 2.24) is 9.97 Å². The topological polar surface area (TPSA) is 25.8 Å². The fraction of sp³-hybridized carbons (Fsp3) is 0.667. The van der Waals surface area contributed by atoms with Gasteiger partial charge in [0.2, 0.25) is 0 Å². The third-order valence-corrected chi connectivity index (χ3v) is 2.01. The van der Waals surface area contributed by atoms with Gasteiger partial charge in [-0.3, -0.25) is 9.97 Å². The Hall–Kier alpha value is -0.920. The smallest absolute Gasteiger partial charge is 0.0615 e. The van der Waals surface area contributed by atoms with E-state index in [-0.39, 0.29) is 5.41 Å². The molecule has 1 heterocycles. The molecule has 2 heteroatoms. The van der Waals surface area contributed by atoms with Crippen molar-refractivity contribution in [3.8, 4) is 0 Å². The van der Waals surface area contributed by atoms with E-state index in [9.17, 15) is 0 Å². The Morgan fingerprint density at radius 1 is 1.21 bits per heavy atom. The Balaban J connectivity index is 2.84. The minimum absolute atomic E-state index is 0.282. The molecule has 0 atom stereocenters. The van der Waals surface area contributed by atoms with Crippen LogP contribution in [-0.2, 0) is 6.42 Å². The van der Waals surface area contributed by atoms with Gasteiger partial charge in [0.15, 0.2) is 0 Å². The zero-order valence-electron chi connectivity index (χ0n) is 9.83. The minimum Gasteiger partial charge on any atom is -0.261 e. The Morgan fingerprint density at radius 3 is 2.36 bits per heavy atom. The highest BCUT2D eigenvalue weighted by atomic mass is 14.8. The van der Waals surface area contributed by atoms with E-state index in [0.717, 1.165) is 17.8 Å². The van der Waals surface area contributed by atoms with Crippen molar-refractivity contribution in [2.24, 2.45) is 5.41 Å². The second-order valence-electron chi connectivity index (χ2n) is 5.33. The molecule has 14 heavy (non-hydrogen) atoms. The molecule has 0 saturated carbocycles. The summed E-state index contributed by atoms with van der Waals surface area (Å²) in [6.07, 6.45) is 4.72. The molecule has 0 aliphatic heterocycles. The molecule has 0 unspecified atom stereocenters. The van der Waals surface area contributed by atoms with Crippen molar-refractivity contribution in [2.75, 3.05) is 0 Å². The summed E-state index contributed by atoms with van der Waals surface area (Å²) in [5, 5.41) is 0. The first-order valence-electron chi connectivity index (χ1n) is 5.19. The minimum atomic E-state index is 0.282. The molecule has 0 amide bonds. The van der Waals surface area contributed by atoms with Crippen LogP contribution in [0, 0.1) is 5.41 Å². The SMILES string of the molecule is CC(C)c1cncc(CC(C)(C)C)n1. The van der Waals surface area contributed by atoms with Crippen molar-refractivity contribution in [2.45, 2.75) is 47.0 Å². The first-order valence-corrected chi connectivity index (χ1v) is 5.19. The van der Waals surface area contributed by atoms with E-state index in [4.69, 9.17) is 0 Å². The summed E-state index contributed by atoms with van der Waals surface area (Å²) in [5.41, 5.74) is 2.47. The molecule has 0 spiro atoms. The summed E-state index contributed by atoms with van der Waals surface area (Å²) in [5.74, 6) is 0.461. The van der Waals surface area contributed by atoms with Gasteiger partial charge >= 0.3 is 0 Å². The van der Waals surface area contributed by atoms with E-state index in [1.165, 1.54) is 0 Å². The molecule has 1 rings (SSSR count). The van der Waals surface area contributed by atoms with Gasteiger partial charge < -0.3 is 0 Å². The molecular formula is C12H20N2. The lowest BCUT2D eigenvalue weighted by molar-refractivity contribution is 0.405. The van der Waals surface area contributed by atoms with Crippen molar-refractivity contribution in [3.63, 3.8) is 0 Å². The second kappa shape index (κ2) is 4.07. The quantitative estimate of drug-likeness (QED) is 0.719. The van der Waals surface area contributed by atoms with E-state index < -0.39 is 0 Å². The molecule has 0 fully saturated rings. The van der Waals surface area contributed by atoms with Crippen molar-refractivity contribution < 1.29 is 0 Å². The van der Waals surface area contributed by atoms with Crippen LogP contribution in [0.15, 0.2) is 12.4 Å². The monoisotopic (exact) mass is 192 g/mol. The van der Waals surface area contributed by atoms with Gasteiger partial charge in [-0.1, -0.05) is 34.6 Å². The van der Waals surface area contributed by atoms with E-state index in [0.29, 0.717) is 5.92 Å². The van der Waals surface area contributed by atoms with Gasteiger partial charge in [-0.05, 0) is 17.8 Å². The van der Waals surface area contributed by atoms with Gasteiger partial charge in [0.1, 0.15) is 0 Å². The molecule has 0 aliphatic carbocycles. The van der Waals surface area contributed by atoms with Crippen molar-refractivity contribution in [1.29, 1.82) is 0 Å². The predicted octanol–water partition coefficient (Wildman–Crippen LogP) is 3.19. The number of nitrogens with zero attached hydrogens (tertiary/aromatic N) is 2. The third-order valence-electron chi connectivity index (χ3n) is 2.01. The van der Waals surface area contributed by atoms with Crippen molar-refractivity contribution in [3.05, 3.63) is 23.8 Å². The summed E-state index contributed by atoms with van der Waals surface area (Å²) >= 11 is 0. The Morgan fingerprint density at radius 2 is 1.86 bits per heavy atom. The van der Waals surface area contributed by atoms with Gasteiger partial charge in [-0.2, -0.15) is 0 Å². The molecule has 1 aromatic rings. The fourth-order valence-electron chi connectivity index (χ4n) is 1.33. The summed E-state index contributed by atoms with van der Waals surface area (Å²) < 4.78 is 0. The average molecular weight is 192 g/mol. The van der Waals surface area contributed by atoms with Crippen LogP contribution in [0.3, 0.4) is 0 Å². The Labute approximate surface area is 86.8 Å². The zero-order chi connectivity index (χ0) is 10.8. The summed E-state index contributed by atoms with van der Waals surface area (Å²) in [6.45, 7) is 10.9. The highest BCUT2D eigenvalue weighted by Crippen LogP contribution is 2.19. The molecular weight excluding hydrogens is 172 g/mol. The number of hydrogen-bond donors (Lipinski definition) is 0. The molecule has 0 aromatic carbocycles. The maximum absolute atomic E-state index is 4.60. The van der Waals surface area contributed by atoms with Crippen LogP contribution in [0.4, 0.5) is 0 Å². The highest BCUT2D eigenvalue weighted by molar-refractivity contribution is 5.07. The maximum atomic E-state index is 4.60. The average Bonchev–Trinajstić information content (AvgIpc) is 2.01. The molecule has 0 saturated heterocycles. The molecule has 0 radical (unpaired) electrons. The molecule has 2 nitrogen and oxygen atoms in total. The van der Waals surface area contributed by atoms with Gasteiger partial charge in [0.25, 0.3) is 0 Å². The molecule has 1 aromatic heterocycles. The summed E-state index contributed by atoms with van der Waals surface area (Å²) in [4.78, 5) is 8.82. The fourth-order valence-corrected chi connectivity index (χ4v) is 1.33. The normalized spacial score (nSPS) is 12.1. The number of aromatic nitrogens is 2. The first-order chi connectivity index (χ1) is 6.38. The van der Waals surface area contributed by atoms with Gasteiger partial charge in [-0.15, -0.1) is 0 Å². The van der Waals surface area contributed by atoms with Crippen molar-refractivity contribution >= 4 is 0 Å². The van der Waals surface area contributed by atoms with Crippen LogP contribution < -0.4 is 0 Å². The second-order valence-corrected chi connectivity index (χ2v) is 5.33. The largest absolute Gasteiger partial charge is 0.261 e. The lowest BCUT2D eigenvalue weighted by atomic mass is 9.91. The first kappa shape index (κ1) is 11.2. The van der Waals surface area contributed by atoms with E-state index in [1.54, 1.807) is 0 Å². The van der Waals surface area contributed by atoms with Crippen LogP contribution in [0.25, 0.3) is 0 Å². The Bertz CT molecular complexity index is 297. The number of rotatable bonds is 2. The lowest BCUT2D eigenvalue weighted by Crippen LogP contribution is -2.11. The van der Waals surface area contributed by atoms with Gasteiger partial charge in [-0.25, -0.2) is 0 Å². The Kier molecular flexibility index (Phi) is 3.25. The van der Waals surface area contributed by atoms with Crippen LogP contribution in [0.5, 0.6) is 0 Å². The van der Waals surface area contributed by atoms with Gasteiger partial charge in [0.05, 0.1) is 11.4 Å². The summed E-state index contributed by atoms with van der Waals surface area (Å²) in [6, 6.07) is 0. The predicted molar refractivity (Wildman–Crippen MR) is 59.3 cm³/mol. The maximum Gasteiger partial charge on any atom is 0.0615 e. The third kappa shape index (κ3) is 3.44. The summed E-state index contributed by atoms with van der Waals surface area (Å²) in [7, 11) is 0. The van der Waals surface area contributed by atoms with E-state index >= 15 is 0 Å². The number of hydrogen-bond acceptors (Lipinski definition) is 2. The zero-order valence-corrected chi connectivity index (χ0v) is 9.83. The van der Waals surface area contributed by atoms with Crippen LogP contribution in [-0.4, -0.2) is 9.97 Å². The lowest BCUT2D eigenvalue weighted by Gasteiger charge is -2.17. The van der Waals surface area contributed by atoms with E-state index in [1.807, 2.05) is 12.4 Å². The molecule has 0 N–H and O–H groups in total.